The average molecular weight is 466 g/mol. The number of hydrogen-bond donors (Lipinski definition) is 2. The molecule has 1 saturated heterocycles. The molecule has 7 nitrogen and oxygen atoms in total. The number of nitrogens with one attached hydrogen (secondary N) is 1. The number of aromatic nitrogens is 1. The fraction of sp³-hybridized carbons (Fsp3) is 0.280. The molecule has 0 amide bonds. The van der Waals surface area contributed by atoms with Crippen LogP contribution in [0.2, 0.25) is 0 Å². The first-order valence-corrected chi connectivity index (χ1v) is 10.9. The lowest BCUT2D eigenvalue weighted by molar-refractivity contribution is -0.286. The van der Waals surface area contributed by atoms with Crippen LogP contribution in [0.4, 0.5) is 14.6 Å². The number of alkyl halides is 2. The molecule has 174 valence electrons. The van der Waals surface area contributed by atoms with Gasteiger partial charge in [-0.05, 0) is 61.2 Å². The maximum Gasteiger partial charge on any atom is 0.586 e. The van der Waals surface area contributed by atoms with Crippen molar-refractivity contribution in [1.82, 2.24) is 4.98 Å². The Bertz CT molecular complexity index is 1320. The molecule has 3 aliphatic rings. The number of carboxylic acids is 1. The summed E-state index contributed by atoms with van der Waals surface area (Å²) in [5.41, 5.74) is 3.12. The first-order valence-electron chi connectivity index (χ1n) is 10.9. The molecule has 1 saturated carbocycles. The molecule has 0 radical (unpaired) electrons. The van der Waals surface area contributed by atoms with Crippen molar-refractivity contribution in [2.45, 2.75) is 43.8 Å². The summed E-state index contributed by atoms with van der Waals surface area (Å²) in [6, 6.07) is 15.3. The van der Waals surface area contributed by atoms with E-state index < -0.39 is 12.3 Å². The zero-order valence-corrected chi connectivity index (χ0v) is 18.0. The SMILES string of the molecule is Cc1ccc(NC2O[C@@H]2C2(c3ccc4c(c3)OC(F)(F)O4)CC2)nc1-c1cccc(C(=O)O)c1. The summed E-state index contributed by atoms with van der Waals surface area (Å²) < 4.78 is 41.8. The van der Waals surface area contributed by atoms with Gasteiger partial charge in [0.25, 0.3) is 0 Å². The van der Waals surface area contributed by atoms with E-state index >= 15 is 0 Å². The minimum Gasteiger partial charge on any atom is -0.478 e. The third-order valence-corrected chi connectivity index (χ3v) is 6.57. The van der Waals surface area contributed by atoms with Crippen LogP contribution in [0.3, 0.4) is 0 Å². The molecule has 3 heterocycles. The van der Waals surface area contributed by atoms with Crippen LogP contribution >= 0.6 is 0 Å². The van der Waals surface area contributed by atoms with Crippen molar-refractivity contribution in [3.63, 3.8) is 0 Å². The lowest BCUT2D eigenvalue weighted by Crippen LogP contribution is -2.26. The quantitative estimate of drug-likeness (QED) is 0.497. The van der Waals surface area contributed by atoms with E-state index in [2.05, 4.69) is 14.8 Å². The largest absolute Gasteiger partial charge is 0.586 e. The number of pyridine rings is 1. The smallest absolute Gasteiger partial charge is 0.478 e. The molecule has 2 aromatic carbocycles. The second-order valence-corrected chi connectivity index (χ2v) is 8.85. The van der Waals surface area contributed by atoms with Crippen molar-refractivity contribution < 1.29 is 32.9 Å². The fourth-order valence-electron chi connectivity index (χ4n) is 4.62. The van der Waals surface area contributed by atoms with Crippen LogP contribution in [0.15, 0.2) is 54.6 Å². The number of epoxide rings is 1. The first-order chi connectivity index (χ1) is 16.2. The Kier molecular flexibility index (Phi) is 4.38. The molecule has 1 unspecified atom stereocenters. The molecule has 0 bridgehead atoms. The number of fused-ring (bicyclic) bond motifs is 1. The summed E-state index contributed by atoms with van der Waals surface area (Å²) in [5, 5.41) is 12.6. The molecule has 2 atom stereocenters. The maximum absolute atomic E-state index is 13.4. The summed E-state index contributed by atoms with van der Waals surface area (Å²) in [7, 11) is 0. The number of rotatable bonds is 6. The van der Waals surface area contributed by atoms with Crippen LogP contribution in [0.25, 0.3) is 11.3 Å². The molecule has 3 aromatic rings. The van der Waals surface area contributed by atoms with Gasteiger partial charge in [-0.15, -0.1) is 8.78 Å². The molecular weight excluding hydrogens is 446 g/mol. The Morgan fingerprint density at radius 3 is 2.65 bits per heavy atom. The normalized spacial score (nSPS) is 22.8. The molecule has 2 aliphatic heterocycles. The van der Waals surface area contributed by atoms with Crippen molar-refractivity contribution in [2.24, 2.45) is 0 Å². The lowest BCUT2D eigenvalue weighted by Gasteiger charge is -2.14. The van der Waals surface area contributed by atoms with Gasteiger partial charge in [-0.1, -0.05) is 24.3 Å². The van der Waals surface area contributed by atoms with Crippen LogP contribution in [-0.2, 0) is 10.2 Å². The van der Waals surface area contributed by atoms with Crippen molar-refractivity contribution in [2.75, 3.05) is 5.32 Å². The minimum absolute atomic E-state index is 0.0271. The third kappa shape index (κ3) is 3.52. The van der Waals surface area contributed by atoms with Crippen LogP contribution < -0.4 is 14.8 Å². The van der Waals surface area contributed by atoms with E-state index in [0.717, 1.165) is 24.0 Å². The highest BCUT2D eigenvalue weighted by Crippen LogP contribution is 2.59. The van der Waals surface area contributed by atoms with Gasteiger partial charge in [-0.25, -0.2) is 9.78 Å². The molecule has 2 fully saturated rings. The summed E-state index contributed by atoms with van der Waals surface area (Å²) in [4.78, 5) is 16.0. The van der Waals surface area contributed by atoms with Gasteiger partial charge in [-0.3, -0.25) is 0 Å². The number of anilines is 1. The number of nitrogens with zero attached hydrogens (tertiary/aromatic N) is 1. The zero-order chi connectivity index (χ0) is 23.7. The highest BCUT2D eigenvalue weighted by Gasteiger charge is 2.63. The summed E-state index contributed by atoms with van der Waals surface area (Å²) in [5.74, 6) is -0.327. The minimum atomic E-state index is -3.64. The number of ether oxygens (including phenoxy) is 3. The number of hydrogen-bond acceptors (Lipinski definition) is 6. The highest BCUT2D eigenvalue weighted by molar-refractivity contribution is 5.89. The van der Waals surface area contributed by atoms with E-state index in [0.29, 0.717) is 17.1 Å². The van der Waals surface area contributed by atoms with Gasteiger partial charge >= 0.3 is 12.3 Å². The highest BCUT2D eigenvalue weighted by atomic mass is 19.3. The van der Waals surface area contributed by atoms with Gasteiger partial charge in [0.2, 0.25) is 0 Å². The fourth-order valence-corrected chi connectivity index (χ4v) is 4.62. The Labute approximate surface area is 193 Å². The second-order valence-electron chi connectivity index (χ2n) is 8.85. The van der Waals surface area contributed by atoms with Crippen molar-refractivity contribution >= 4 is 11.8 Å². The van der Waals surface area contributed by atoms with Gasteiger partial charge in [0.1, 0.15) is 11.9 Å². The van der Waals surface area contributed by atoms with Gasteiger partial charge < -0.3 is 24.6 Å². The van der Waals surface area contributed by atoms with E-state index in [1.165, 1.54) is 12.1 Å². The predicted octanol–water partition coefficient (Wildman–Crippen LogP) is 4.95. The summed E-state index contributed by atoms with van der Waals surface area (Å²) in [6.07, 6.45) is -2.30. The molecule has 0 spiro atoms. The lowest BCUT2D eigenvalue weighted by atomic mass is 9.91. The molecule has 1 aromatic heterocycles. The Morgan fingerprint density at radius 1 is 1.09 bits per heavy atom. The number of benzene rings is 2. The van der Waals surface area contributed by atoms with Gasteiger partial charge in [0.05, 0.1) is 11.3 Å². The van der Waals surface area contributed by atoms with Crippen molar-refractivity contribution in [1.29, 1.82) is 0 Å². The van der Waals surface area contributed by atoms with E-state index in [1.54, 1.807) is 24.3 Å². The molecule has 9 heteroatoms. The van der Waals surface area contributed by atoms with Crippen molar-refractivity contribution in [3.8, 4) is 22.8 Å². The van der Waals surface area contributed by atoms with Crippen LogP contribution in [0, 0.1) is 6.92 Å². The summed E-state index contributed by atoms with van der Waals surface area (Å²) >= 11 is 0. The van der Waals surface area contributed by atoms with Crippen LogP contribution in [-0.4, -0.2) is 34.7 Å². The van der Waals surface area contributed by atoms with E-state index in [4.69, 9.17) is 9.72 Å². The molecule has 1 aliphatic carbocycles. The van der Waals surface area contributed by atoms with E-state index in [1.807, 2.05) is 25.1 Å². The zero-order valence-electron chi connectivity index (χ0n) is 18.0. The molecule has 2 N–H and O–H groups in total. The van der Waals surface area contributed by atoms with Crippen LogP contribution in [0.1, 0.15) is 34.3 Å². The van der Waals surface area contributed by atoms with E-state index in [9.17, 15) is 18.7 Å². The predicted molar refractivity (Wildman–Crippen MR) is 117 cm³/mol. The van der Waals surface area contributed by atoms with Gasteiger partial charge in [0, 0.05) is 11.0 Å². The summed E-state index contributed by atoms with van der Waals surface area (Å²) in [6.45, 7) is 1.92. The third-order valence-electron chi connectivity index (χ3n) is 6.57. The standard InChI is InChI=1S/C25H20F2N2O5/c1-13-5-8-19(28-20(13)14-3-2-4-15(11-14)23(30)31)29-22-21(32-22)24(9-10-24)16-6-7-17-18(12-16)34-25(26,27)33-17/h2-8,11-12,21-22H,9-10H2,1H3,(H,28,29)(H,30,31)/t21-,22?/m0/s1. The number of aromatic carboxylic acids is 1. The molecule has 34 heavy (non-hydrogen) atoms. The molecular formula is C25H20F2N2O5. The number of carboxylic acid groups (broad SMARTS) is 1. The first kappa shape index (κ1) is 20.9. The van der Waals surface area contributed by atoms with E-state index in [-0.39, 0.29) is 34.8 Å². The average Bonchev–Trinajstić information content (AvgIpc) is 3.71. The van der Waals surface area contributed by atoms with Gasteiger partial charge in [0.15, 0.2) is 17.7 Å². The second kappa shape index (κ2) is 7.14. The number of aryl methyl sites for hydroxylation is 1. The molecule has 6 rings (SSSR count). The Hall–Kier alpha value is -3.72. The van der Waals surface area contributed by atoms with Crippen LogP contribution in [0.5, 0.6) is 11.5 Å². The maximum atomic E-state index is 13.4. The van der Waals surface area contributed by atoms with Gasteiger partial charge in [-0.2, -0.15) is 0 Å². The number of carbonyl (C=O) groups is 1. The Balaban J connectivity index is 1.20. The number of halogens is 2. The Morgan fingerprint density at radius 2 is 1.88 bits per heavy atom. The monoisotopic (exact) mass is 466 g/mol. The topological polar surface area (TPSA) is 93.2 Å². The van der Waals surface area contributed by atoms with Crippen molar-refractivity contribution in [3.05, 3.63) is 71.3 Å².